The van der Waals surface area contributed by atoms with Crippen molar-refractivity contribution in [2.24, 2.45) is 5.10 Å². The fourth-order valence-corrected chi connectivity index (χ4v) is 5.10. The van der Waals surface area contributed by atoms with E-state index in [1.165, 1.54) is 22.9 Å². The van der Waals surface area contributed by atoms with Gasteiger partial charge in [0.2, 0.25) is 0 Å². The third kappa shape index (κ3) is 7.66. The van der Waals surface area contributed by atoms with Crippen LogP contribution in [0.5, 0.6) is 17.2 Å². The average molecular weight is 637 g/mol. The number of carbonyl (C=O) groups is 1. The Morgan fingerprint density at radius 2 is 1.70 bits per heavy atom. The maximum Gasteiger partial charge on any atom is 0.282 e. The number of aryl methyl sites for hydroxylation is 1. The van der Waals surface area contributed by atoms with Crippen LogP contribution in [0.15, 0.2) is 88.8 Å². The number of para-hydroxylation sites is 1. The Labute approximate surface area is 272 Å². The molecular formula is C37H37FN4O5. The number of amides is 1. The molecule has 1 heterocycles. The molecule has 0 spiro atoms. The largest absolute Gasteiger partial charge is 0.494 e. The first-order valence-corrected chi connectivity index (χ1v) is 15.5. The van der Waals surface area contributed by atoms with Gasteiger partial charge in [0.15, 0.2) is 23.9 Å². The van der Waals surface area contributed by atoms with Gasteiger partial charge in [-0.25, -0.2) is 9.37 Å². The Kier molecular flexibility index (Phi) is 10.3. The van der Waals surface area contributed by atoms with Crippen molar-refractivity contribution in [2.75, 3.05) is 25.1 Å². The molecule has 1 aromatic heterocycles. The Hall–Kier alpha value is -5.51. The normalized spacial score (nSPS) is 11.3. The number of rotatable bonds is 12. The first-order chi connectivity index (χ1) is 22.7. The summed E-state index contributed by atoms with van der Waals surface area (Å²) in [7, 11) is 0. The van der Waals surface area contributed by atoms with Gasteiger partial charge in [-0.1, -0.05) is 32.0 Å². The van der Waals surface area contributed by atoms with Gasteiger partial charge in [-0.15, -0.1) is 0 Å². The van der Waals surface area contributed by atoms with Crippen LogP contribution in [0, 0.1) is 12.7 Å². The summed E-state index contributed by atoms with van der Waals surface area (Å²) < 4.78 is 32.2. The summed E-state index contributed by atoms with van der Waals surface area (Å²) in [6.45, 7) is 10.5. The summed E-state index contributed by atoms with van der Waals surface area (Å²) >= 11 is 0. The zero-order chi connectivity index (χ0) is 33.5. The summed E-state index contributed by atoms with van der Waals surface area (Å²) in [6.07, 6.45) is 1.55. The summed E-state index contributed by atoms with van der Waals surface area (Å²) in [4.78, 5) is 31.2. The van der Waals surface area contributed by atoms with Crippen LogP contribution in [-0.2, 0) is 4.79 Å². The first kappa shape index (κ1) is 32.9. The lowest BCUT2D eigenvalue weighted by molar-refractivity contribution is -0.118. The molecule has 5 aromatic rings. The highest BCUT2D eigenvalue weighted by Gasteiger charge is 2.19. The van der Waals surface area contributed by atoms with E-state index in [0.717, 1.165) is 22.4 Å². The van der Waals surface area contributed by atoms with Gasteiger partial charge < -0.3 is 19.5 Å². The summed E-state index contributed by atoms with van der Waals surface area (Å²) in [5.74, 6) is 1.21. The number of carbonyl (C=O) groups excluding carboxylic acids is 1. The molecule has 9 nitrogen and oxygen atoms in total. The van der Waals surface area contributed by atoms with Crippen LogP contribution in [0.2, 0.25) is 0 Å². The number of anilines is 1. The van der Waals surface area contributed by atoms with Crippen molar-refractivity contribution in [3.8, 4) is 28.6 Å². The standard InChI is InChI=1S/C37H37FN4O5/c1-6-45-33-17-24(5)30(20-29(33)23(3)4)36-41-31-14-9-8-13-28(31)37(44)42(36)39-21-25-15-16-32(34(18-25)46-7-2)47-22-35(43)40-27-12-10-11-26(38)19-27/h8-21,23H,6-7,22H2,1-5H3,(H,40,43). The molecule has 47 heavy (non-hydrogen) atoms. The average Bonchev–Trinajstić information content (AvgIpc) is 3.04. The van der Waals surface area contributed by atoms with E-state index >= 15 is 0 Å². The van der Waals surface area contributed by atoms with E-state index in [0.29, 0.717) is 52.7 Å². The van der Waals surface area contributed by atoms with E-state index in [-0.39, 0.29) is 18.1 Å². The summed E-state index contributed by atoms with van der Waals surface area (Å²) in [5.41, 5.74) is 3.89. The Bertz CT molecular complexity index is 2000. The number of benzene rings is 4. The third-order valence-corrected chi connectivity index (χ3v) is 7.33. The number of nitrogens with one attached hydrogen (secondary N) is 1. The van der Waals surface area contributed by atoms with Crippen LogP contribution in [-0.4, -0.2) is 41.6 Å². The molecule has 0 saturated heterocycles. The summed E-state index contributed by atoms with van der Waals surface area (Å²) in [6, 6.07) is 21.9. The van der Waals surface area contributed by atoms with Gasteiger partial charge in [0.1, 0.15) is 11.6 Å². The number of fused-ring (bicyclic) bond motifs is 1. The van der Waals surface area contributed by atoms with E-state index in [2.05, 4.69) is 24.3 Å². The molecule has 242 valence electrons. The fourth-order valence-electron chi connectivity index (χ4n) is 5.10. The van der Waals surface area contributed by atoms with Crippen LogP contribution < -0.4 is 25.1 Å². The Morgan fingerprint density at radius 3 is 2.45 bits per heavy atom. The van der Waals surface area contributed by atoms with Gasteiger partial charge in [-0.3, -0.25) is 9.59 Å². The molecule has 0 fully saturated rings. The van der Waals surface area contributed by atoms with Crippen molar-refractivity contribution in [2.45, 2.75) is 40.5 Å². The predicted molar refractivity (Wildman–Crippen MR) is 183 cm³/mol. The molecule has 5 rings (SSSR count). The van der Waals surface area contributed by atoms with Crippen LogP contribution in [0.4, 0.5) is 10.1 Å². The Balaban J connectivity index is 1.49. The lowest BCUT2D eigenvalue weighted by Gasteiger charge is -2.18. The molecular weight excluding hydrogens is 599 g/mol. The van der Waals surface area contributed by atoms with E-state index in [9.17, 15) is 14.0 Å². The van der Waals surface area contributed by atoms with Crippen molar-refractivity contribution >= 4 is 28.7 Å². The number of hydrogen-bond donors (Lipinski definition) is 1. The van der Waals surface area contributed by atoms with Gasteiger partial charge in [0.05, 0.1) is 30.3 Å². The smallest absolute Gasteiger partial charge is 0.282 e. The van der Waals surface area contributed by atoms with Crippen LogP contribution in [0.25, 0.3) is 22.3 Å². The Morgan fingerprint density at radius 1 is 0.936 bits per heavy atom. The quantitative estimate of drug-likeness (QED) is 0.144. The maximum atomic E-state index is 13.8. The van der Waals surface area contributed by atoms with Gasteiger partial charge in [0, 0.05) is 11.3 Å². The number of aromatic nitrogens is 2. The molecule has 0 bridgehead atoms. The van der Waals surface area contributed by atoms with Gasteiger partial charge in [-0.05, 0) is 104 Å². The molecule has 0 atom stereocenters. The third-order valence-electron chi connectivity index (χ3n) is 7.33. The number of hydrogen-bond acceptors (Lipinski definition) is 7. The van der Waals surface area contributed by atoms with Crippen molar-refractivity contribution in [3.05, 3.63) is 112 Å². The van der Waals surface area contributed by atoms with Crippen LogP contribution in [0.1, 0.15) is 50.3 Å². The molecule has 0 radical (unpaired) electrons. The second kappa shape index (κ2) is 14.7. The molecule has 1 N–H and O–H groups in total. The topological polar surface area (TPSA) is 104 Å². The fraction of sp³-hybridized carbons (Fsp3) is 0.243. The number of nitrogens with zero attached hydrogens (tertiary/aromatic N) is 3. The van der Waals surface area contributed by atoms with Gasteiger partial charge >= 0.3 is 0 Å². The van der Waals surface area contributed by atoms with E-state index in [1.807, 2.05) is 45.0 Å². The van der Waals surface area contributed by atoms with Crippen LogP contribution in [0.3, 0.4) is 0 Å². The minimum absolute atomic E-state index is 0.171. The van der Waals surface area contributed by atoms with E-state index in [1.54, 1.807) is 42.6 Å². The van der Waals surface area contributed by atoms with Crippen molar-refractivity contribution in [3.63, 3.8) is 0 Å². The molecule has 0 aliphatic heterocycles. The molecule has 0 saturated carbocycles. The van der Waals surface area contributed by atoms with Gasteiger partial charge in [0.25, 0.3) is 11.5 Å². The van der Waals surface area contributed by atoms with E-state index < -0.39 is 11.7 Å². The molecule has 4 aromatic carbocycles. The molecule has 10 heteroatoms. The minimum Gasteiger partial charge on any atom is -0.494 e. The van der Waals surface area contributed by atoms with Crippen molar-refractivity contribution < 1.29 is 23.4 Å². The maximum absolute atomic E-state index is 13.8. The molecule has 1 amide bonds. The zero-order valence-electron chi connectivity index (χ0n) is 27.0. The predicted octanol–water partition coefficient (Wildman–Crippen LogP) is 7.33. The molecule has 0 aliphatic rings. The molecule has 0 aliphatic carbocycles. The second-order valence-corrected chi connectivity index (χ2v) is 11.1. The SMILES string of the molecule is CCOc1cc(C=Nn2c(-c3cc(C(C)C)c(OCC)cc3C)nc3ccccc3c2=O)ccc1OCC(=O)Nc1cccc(F)c1. The zero-order valence-corrected chi connectivity index (χ0v) is 27.0. The lowest BCUT2D eigenvalue weighted by Crippen LogP contribution is -2.21. The number of halogens is 1. The molecule has 0 unspecified atom stereocenters. The summed E-state index contributed by atoms with van der Waals surface area (Å²) in [5, 5.41) is 7.67. The monoisotopic (exact) mass is 636 g/mol. The first-order valence-electron chi connectivity index (χ1n) is 15.5. The highest BCUT2D eigenvalue weighted by Crippen LogP contribution is 2.34. The minimum atomic E-state index is -0.455. The van der Waals surface area contributed by atoms with Crippen molar-refractivity contribution in [1.29, 1.82) is 0 Å². The van der Waals surface area contributed by atoms with Gasteiger partial charge in [-0.2, -0.15) is 9.78 Å². The van der Waals surface area contributed by atoms with Crippen molar-refractivity contribution in [1.82, 2.24) is 9.66 Å². The highest BCUT2D eigenvalue weighted by molar-refractivity contribution is 5.92. The lowest BCUT2D eigenvalue weighted by atomic mass is 9.96. The number of ether oxygens (including phenoxy) is 3. The van der Waals surface area contributed by atoms with E-state index in [4.69, 9.17) is 19.2 Å². The second-order valence-electron chi connectivity index (χ2n) is 11.1. The highest BCUT2D eigenvalue weighted by atomic mass is 19.1. The van der Waals surface area contributed by atoms with Crippen LogP contribution >= 0.6 is 0 Å².